The van der Waals surface area contributed by atoms with E-state index in [9.17, 15) is 9.59 Å². The molecule has 1 saturated heterocycles. The van der Waals surface area contributed by atoms with E-state index in [-0.39, 0.29) is 18.9 Å². The molecule has 168 valence electrons. The lowest BCUT2D eigenvalue weighted by atomic mass is 10.1. The summed E-state index contributed by atoms with van der Waals surface area (Å²) in [5.41, 5.74) is 3.39. The van der Waals surface area contributed by atoms with Crippen molar-refractivity contribution < 1.29 is 14.7 Å². The Morgan fingerprint density at radius 2 is 1.91 bits per heavy atom. The number of amides is 1. The fraction of sp³-hybridized carbons (Fsp3) is 0.167. The number of aromatic nitrogens is 2. The Labute approximate surface area is 205 Å². The lowest BCUT2D eigenvalue weighted by Crippen LogP contribution is -2.30. The molecule has 4 rings (SSSR count). The third kappa shape index (κ3) is 5.38. The van der Waals surface area contributed by atoms with Crippen molar-refractivity contribution >= 4 is 58.0 Å². The third-order valence-electron chi connectivity index (χ3n) is 4.91. The van der Waals surface area contributed by atoms with Crippen LogP contribution in [0.25, 0.3) is 23.0 Å². The maximum atomic E-state index is 12.9. The first kappa shape index (κ1) is 23.3. The number of aliphatic carboxylic acids is 1. The van der Waals surface area contributed by atoms with Crippen LogP contribution in [0.2, 0.25) is 0 Å². The zero-order chi connectivity index (χ0) is 23.4. The van der Waals surface area contributed by atoms with Crippen LogP contribution in [0.5, 0.6) is 0 Å². The van der Waals surface area contributed by atoms with Gasteiger partial charge in [0, 0.05) is 28.8 Å². The number of carboxylic acids is 1. The number of benzene rings is 2. The molecule has 0 radical (unpaired) electrons. The minimum absolute atomic E-state index is 0.0596. The van der Waals surface area contributed by atoms with Gasteiger partial charge >= 0.3 is 5.97 Å². The van der Waals surface area contributed by atoms with Gasteiger partial charge in [-0.25, -0.2) is 4.68 Å². The first-order valence-corrected chi connectivity index (χ1v) is 12.5. The lowest BCUT2D eigenvalue weighted by Gasteiger charge is -2.12. The van der Waals surface area contributed by atoms with Gasteiger partial charge < -0.3 is 5.11 Å². The molecule has 0 saturated carbocycles. The predicted octanol–water partition coefficient (Wildman–Crippen LogP) is 5.33. The molecule has 1 fully saturated rings. The molecule has 0 atom stereocenters. The van der Waals surface area contributed by atoms with Crippen molar-refractivity contribution in [3.05, 3.63) is 71.3 Å². The highest BCUT2D eigenvalue weighted by Gasteiger charge is 2.32. The van der Waals surface area contributed by atoms with E-state index < -0.39 is 5.97 Å². The first-order chi connectivity index (χ1) is 16.0. The Bertz CT molecular complexity index is 1220. The van der Waals surface area contributed by atoms with E-state index in [4.69, 9.17) is 22.4 Å². The van der Waals surface area contributed by atoms with Crippen LogP contribution in [0.1, 0.15) is 18.9 Å². The van der Waals surface area contributed by atoms with Crippen molar-refractivity contribution in [2.75, 3.05) is 12.3 Å². The van der Waals surface area contributed by atoms with Gasteiger partial charge in [-0.1, -0.05) is 61.2 Å². The Balaban J connectivity index is 1.72. The van der Waals surface area contributed by atoms with Gasteiger partial charge in [0.1, 0.15) is 4.32 Å². The molecule has 1 aliphatic rings. The van der Waals surface area contributed by atoms with E-state index >= 15 is 0 Å². The second-order valence-corrected chi connectivity index (χ2v) is 10.2. The van der Waals surface area contributed by atoms with Crippen LogP contribution >= 0.6 is 35.7 Å². The highest BCUT2D eigenvalue weighted by atomic mass is 32.2. The van der Waals surface area contributed by atoms with E-state index in [2.05, 4.69) is 19.1 Å². The molecule has 0 bridgehead atoms. The van der Waals surface area contributed by atoms with E-state index in [1.807, 2.05) is 48.7 Å². The lowest BCUT2D eigenvalue weighted by molar-refractivity contribution is -0.137. The smallest absolute Gasteiger partial charge is 0.305 e. The highest BCUT2D eigenvalue weighted by molar-refractivity contribution is 8.26. The van der Waals surface area contributed by atoms with Crippen molar-refractivity contribution in [2.45, 2.75) is 18.2 Å². The van der Waals surface area contributed by atoms with Gasteiger partial charge in [0.2, 0.25) is 0 Å². The van der Waals surface area contributed by atoms with Gasteiger partial charge in [-0.2, -0.15) is 5.10 Å². The fourth-order valence-corrected chi connectivity index (χ4v) is 5.31. The number of carboxylic acid groups (broad SMARTS) is 1. The molecular formula is C24H21N3O3S3. The van der Waals surface area contributed by atoms with E-state index in [1.54, 1.807) is 22.5 Å². The summed E-state index contributed by atoms with van der Waals surface area (Å²) in [6.45, 7) is 2.18. The average Bonchev–Trinajstić information content (AvgIpc) is 3.34. The summed E-state index contributed by atoms with van der Waals surface area (Å²) in [6, 6.07) is 18.0. The maximum Gasteiger partial charge on any atom is 0.305 e. The minimum Gasteiger partial charge on any atom is -0.481 e. The topological polar surface area (TPSA) is 75.4 Å². The SMILES string of the molecule is CCSc1ccc(-c2nn(-c3ccccc3)cc2/C=C2\SC(=S)N(CCC(=O)O)C2=O)cc1. The number of rotatable bonds is 8. The Morgan fingerprint density at radius 1 is 1.18 bits per heavy atom. The van der Waals surface area contributed by atoms with E-state index in [0.29, 0.717) is 9.23 Å². The summed E-state index contributed by atoms with van der Waals surface area (Å²) in [4.78, 5) is 26.8. The quantitative estimate of drug-likeness (QED) is 0.257. The van der Waals surface area contributed by atoms with Gasteiger partial charge in [0.15, 0.2) is 0 Å². The minimum atomic E-state index is -0.968. The summed E-state index contributed by atoms with van der Waals surface area (Å²) in [5, 5.41) is 13.8. The molecular weight excluding hydrogens is 474 g/mol. The second-order valence-electron chi connectivity index (χ2n) is 7.15. The van der Waals surface area contributed by atoms with Gasteiger partial charge in [-0.3, -0.25) is 14.5 Å². The summed E-state index contributed by atoms with van der Waals surface area (Å²) >= 11 is 8.27. The van der Waals surface area contributed by atoms with Crippen LogP contribution < -0.4 is 0 Å². The molecule has 1 N–H and O–H groups in total. The molecule has 1 amide bonds. The monoisotopic (exact) mass is 495 g/mol. The number of thiocarbonyl (C=S) groups is 1. The molecule has 33 heavy (non-hydrogen) atoms. The highest BCUT2D eigenvalue weighted by Crippen LogP contribution is 2.35. The van der Waals surface area contributed by atoms with Crippen LogP contribution in [0.15, 0.2) is 70.6 Å². The number of hydrogen-bond donors (Lipinski definition) is 1. The molecule has 2 aromatic carbocycles. The molecule has 0 spiro atoms. The largest absolute Gasteiger partial charge is 0.481 e. The Hall–Kier alpha value is -2.88. The van der Waals surface area contributed by atoms with E-state index in [0.717, 1.165) is 28.3 Å². The third-order valence-corrected chi connectivity index (χ3v) is 7.18. The van der Waals surface area contributed by atoms with Crippen LogP contribution in [0.4, 0.5) is 0 Å². The fourth-order valence-electron chi connectivity index (χ4n) is 3.35. The van der Waals surface area contributed by atoms with Crippen LogP contribution in [0, 0.1) is 0 Å². The van der Waals surface area contributed by atoms with Crippen molar-refractivity contribution in [3.63, 3.8) is 0 Å². The summed E-state index contributed by atoms with van der Waals surface area (Å²) in [5.74, 6) is -0.250. The van der Waals surface area contributed by atoms with Crippen molar-refractivity contribution in [1.82, 2.24) is 14.7 Å². The number of nitrogens with zero attached hydrogens (tertiary/aromatic N) is 3. The second kappa shape index (κ2) is 10.4. The molecule has 1 aliphatic heterocycles. The number of thioether (sulfide) groups is 2. The molecule has 0 aliphatic carbocycles. The first-order valence-electron chi connectivity index (χ1n) is 10.3. The molecule has 9 heteroatoms. The van der Waals surface area contributed by atoms with Gasteiger partial charge in [-0.05, 0) is 36.1 Å². The standard InChI is InChI=1S/C24H21N3O3S3/c1-2-32-19-10-8-16(9-11-19)22-17(15-27(25-22)18-6-4-3-5-7-18)14-20-23(30)26(24(31)33-20)13-12-21(28)29/h3-11,14-15H,2,12-13H2,1H3,(H,28,29)/b20-14-. The Kier molecular flexibility index (Phi) is 7.32. The number of carbonyl (C=O) groups excluding carboxylic acids is 1. The number of hydrogen-bond acceptors (Lipinski definition) is 6. The molecule has 0 unspecified atom stereocenters. The van der Waals surface area contributed by atoms with Crippen LogP contribution in [-0.2, 0) is 9.59 Å². The maximum absolute atomic E-state index is 12.9. The van der Waals surface area contributed by atoms with Gasteiger partial charge in [0.25, 0.3) is 5.91 Å². The average molecular weight is 496 g/mol. The summed E-state index contributed by atoms with van der Waals surface area (Å²) in [7, 11) is 0. The zero-order valence-corrected chi connectivity index (χ0v) is 20.3. The summed E-state index contributed by atoms with van der Waals surface area (Å²) < 4.78 is 2.16. The summed E-state index contributed by atoms with van der Waals surface area (Å²) in [6.07, 6.45) is 3.53. The van der Waals surface area contributed by atoms with Crippen molar-refractivity contribution in [1.29, 1.82) is 0 Å². The number of para-hydroxylation sites is 1. The Morgan fingerprint density at radius 3 is 2.58 bits per heavy atom. The molecule has 6 nitrogen and oxygen atoms in total. The molecule has 2 heterocycles. The van der Waals surface area contributed by atoms with Gasteiger partial charge in [0.05, 0.1) is 22.7 Å². The molecule has 1 aromatic heterocycles. The normalized spacial score (nSPS) is 14.9. The molecule has 3 aromatic rings. The van der Waals surface area contributed by atoms with Crippen molar-refractivity contribution in [2.24, 2.45) is 0 Å². The number of carbonyl (C=O) groups is 2. The van der Waals surface area contributed by atoms with Crippen LogP contribution in [-0.4, -0.2) is 48.3 Å². The zero-order valence-electron chi connectivity index (χ0n) is 17.8. The van der Waals surface area contributed by atoms with Crippen molar-refractivity contribution in [3.8, 4) is 16.9 Å². The van der Waals surface area contributed by atoms with E-state index in [1.165, 1.54) is 21.6 Å². The van der Waals surface area contributed by atoms with Crippen LogP contribution in [0.3, 0.4) is 0 Å². The predicted molar refractivity (Wildman–Crippen MR) is 138 cm³/mol. The van der Waals surface area contributed by atoms with Gasteiger partial charge in [-0.15, -0.1) is 11.8 Å².